The SMILES string of the molecule is C[C@@H](NCc1nc(CNC(=O)c2ccccc2)no1)c1ccc(Cl)cc1Cl. The van der Waals surface area contributed by atoms with Crippen LogP contribution in [0.3, 0.4) is 0 Å². The summed E-state index contributed by atoms with van der Waals surface area (Å²) in [5.41, 5.74) is 1.51. The van der Waals surface area contributed by atoms with Crippen LogP contribution in [0.4, 0.5) is 0 Å². The molecule has 1 heterocycles. The molecule has 0 aliphatic heterocycles. The molecule has 0 aliphatic carbocycles. The summed E-state index contributed by atoms with van der Waals surface area (Å²) < 4.78 is 5.21. The third-order valence-electron chi connectivity index (χ3n) is 3.94. The van der Waals surface area contributed by atoms with E-state index in [4.69, 9.17) is 27.7 Å². The number of benzene rings is 2. The summed E-state index contributed by atoms with van der Waals surface area (Å²) in [5, 5.41) is 11.1. The smallest absolute Gasteiger partial charge is 0.251 e. The highest BCUT2D eigenvalue weighted by Crippen LogP contribution is 2.26. The van der Waals surface area contributed by atoms with Crippen molar-refractivity contribution >= 4 is 29.1 Å². The molecule has 1 amide bonds. The molecular formula is C19H18Cl2N4O2. The Morgan fingerprint density at radius 3 is 2.67 bits per heavy atom. The van der Waals surface area contributed by atoms with E-state index in [-0.39, 0.29) is 18.5 Å². The first-order valence-electron chi connectivity index (χ1n) is 8.36. The maximum atomic E-state index is 12.0. The average Bonchev–Trinajstić information content (AvgIpc) is 3.13. The molecule has 0 bridgehead atoms. The lowest BCUT2D eigenvalue weighted by molar-refractivity contribution is 0.0949. The van der Waals surface area contributed by atoms with Gasteiger partial charge in [0.25, 0.3) is 5.91 Å². The van der Waals surface area contributed by atoms with Crippen LogP contribution in [-0.2, 0) is 13.1 Å². The molecule has 0 aliphatic rings. The Labute approximate surface area is 166 Å². The summed E-state index contributed by atoms with van der Waals surface area (Å²) in [7, 11) is 0. The van der Waals surface area contributed by atoms with Gasteiger partial charge in [0.15, 0.2) is 5.82 Å². The summed E-state index contributed by atoms with van der Waals surface area (Å²) in [6, 6.07) is 14.3. The van der Waals surface area contributed by atoms with Crippen LogP contribution in [-0.4, -0.2) is 16.0 Å². The molecule has 27 heavy (non-hydrogen) atoms. The minimum Gasteiger partial charge on any atom is -0.345 e. The van der Waals surface area contributed by atoms with E-state index in [1.807, 2.05) is 19.1 Å². The fourth-order valence-electron chi connectivity index (χ4n) is 2.49. The number of nitrogens with zero attached hydrogens (tertiary/aromatic N) is 2. The van der Waals surface area contributed by atoms with E-state index in [1.54, 1.807) is 36.4 Å². The molecule has 2 aromatic carbocycles. The minimum atomic E-state index is -0.189. The van der Waals surface area contributed by atoms with Crippen molar-refractivity contribution in [2.45, 2.75) is 26.1 Å². The summed E-state index contributed by atoms with van der Waals surface area (Å²) >= 11 is 12.1. The van der Waals surface area contributed by atoms with Gasteiger partial charge in [0, 0.05) is 21.7 Å². The van der Waals surface area contributed by atoms with Gasteiger partial charge < -0.3 is 15.2 Å². The predicted molar refractivity (Wildman–Crippen MR) is 104 cm³/mol. The number of amides is 1. The lowest BCUT2D eigenvalue weighted by atomic mass is 10.1. The third-order valence-corrected chi connectivity index (χ3v) is 4.50. The Kier molecular flexibility index (Phi) is 6.45. The molecule has 140 valence electrons. The molecule has 0 fully saturated rings. The number of carbonyl (C=O) groups excluding carboxylic acids is 1. The number of nitrogens with one attached hydrogen (secondary N) is 2. The highest BCUT2D eigenvalue weighted by molar-refractivity contribution is 6.35. The molecule has 2 N–H and O–H groups in total. The molecule has 0 unspecified atom stereocenters. The lowest BCUT2D eigenvalue weighted by Crippen LogP contribution is -2.23. The van der Waals surface area contributed by atoms with Crippen molar-refractivity contribution in [3.8, 4) is 0 Å². The van der Waals surface area contributed by atoms with Crippen LogP contribution < -0.4 is 10.6 Å². The van der Waals surface area contributed by atoms with Crippen molar-refractivity contribution in [1.29, 1.82) is 0 Å². The van der Waals surface area contributed by atoms with Crippen LogP contribution >= 0.6 is 23.2 Å². The zero-order valence-electron chi connectivity index (χ0n) is 14.6. The monoisotopic (exact) mass is 404 g/mol. The molecule has 0 radical (unpaired) electrons. The number of rotatable bonds is 7. The normalized spacial score (nSPS) is 12.0. The Bertz CT molecular complexity index is 915. The number of carbonyl (C=O) groups is 1. The molecule has 3 aromatic rings. The van der Waals surface area contributed by atoms with E-state index in [0.717, 1.165) is 5.56 Å². The Hall–Kier alpha value is -2.41. The Morgan fingerprint density at radius 2 is 1.93 bits per heavy atom. The fraction of sp³-hybridized carbons (Fsp3) is 0.211. The maximum Gasteiger partial charge on any atom is 0.251 e. The first-order valence-corrected chi connectivity index (χ1v) is 9.11. The molecule has 0 saturated heterocycles. The van der Waals surface area contributed by atoms with E-state index in [0.29, 0.717) is 33.9 Å². The van der Waals surface area contributed by atoms with Crippen molar-refractivity contribution in [3.63, 3.8) is 0 Å². The maximum absolute atomic E-state index is 12.0. The van der Waals surface area contributed by atoms with Crippen LogP contribution in [0.2, 0.25) is 10.0 Å². The molecule has 0 spiro atoms. The van der Waals surface area contributed by atoms with Gasteiger partial charge in [-0.15, -0.1) is 0 Å². The van der Waals surface area contributed by atoms with Crippen molar-refractivity contribution in [3.05, 3.63) is 81.4 Å². The second-order valence-electron chi connectivity index (χ2n) is 5.92. The van der Waals surface area contributed by atoms with Gasteiger partial charge in [-0.3, -0.25) is 4.79 Å². The first kappa shape index (κ1) is 19.4. The number of halogens is 2. The standard InChI is InChI=1S/C19H18Cl2N4O2/c1-12(15-8-7-14(20)9-16(15)21)22-11-18-24-17(25-27-18)10-23-19(26)13-5-3-2-4-6-13/h2-9,12,22H,10-11H2,1H3,(H,23,26)/t12-/m1/s1. The van der Waals surface area contributed by atoms with Crippen LogP contribution in [0.15, 0.2) is 53.1 Å². The lowest BCUT2D eigenvalue weighted by Gasteiger charge is -2.14. The molecule has 3 rings (SSSR count). The highest BCUT2D eigenvalue weighted by Gasteiger charge is 2.13. The number of aromatic nitrogens is 2. The van der Waals surface area contributed by atoms with Gasteiger partial charge in [-0.05, 0) is 36.8 Å². The van der Waals surface area contributed by atoms with Crippen molar-refractivity contribution in [2.75, 3.05) is 0 Å². The molecule has 8 heteroatoms. The van der Waals surface area contributed by atoms with E-state index in [9.17, 15) is 4.79 Å². The number of hydrogen-bond acceptors (Lipinski definition) is 5. The van der Waals surface area contributed by atoms with Gasteiger partial charge in [-0.1, -0.05) is 52.6 Å². The van der Waals surface area contributed by atoms with Crippen LogP contribution in [0.5, 0.6) is 0 Å². The van der Waals surface area contributed by atoms with Crippen LogP contribution in [0.25, 0.3) is 0 Å². The molecule has 6 nitrogen and oxygen atoms in total. The first-order chi connectivity index (χ1) is 13.0. The fourth-order valence-corrected chi connectivity index (χ4v) is 3.06. The van der Waals surface area contributed by atoms with E-state index in [1.165, 1.54) is 0 Å². The number of hydrogen-bond donors (Lipinski definition) is 2. The van der Waals surface area contributed by atoms with Gasteiger partial charge in [-0.2, -0.15) is 4.98 Å². The van der Waals surface area contributed by atoms with Crippen LogP contribution in [0.1, 0.15) is 40.6 Å². The molecular weight excluding hydrogens is 387 g/mol. The average molecular weight is 405 g/mol. The highest BCUT2D eigenvalue weighted by atomic mass is 35.5. The van der Waals surface area contributed by atoms with Gasteiger partial charge in [0.05, 0.1) is 13.1 Å². The van der Waals surface area contributed by atoms with E-state index < -0.39 is 0 Å². The zero-order valence-corrected chi connectivity index (χ0v) is 16.1. The zero-order chi connectivity index (χ0) is 19.2. The van der Waals surface area contributed by atoms with Crippen molar-refractivity contribution in [2.24, 2.45) is 0 Å². The van der Waals surface area contributed by atoms with Crippen molar-refractivity contribution in [1.82, 2.24) is 20.8 Å². The molecule has 1 atom stereocenters. The minimum absolute atomic E-state index is 0.0251. The quantitative estimate of drug-likeness (QED) is 0.617. The summed E-state index contributed by atoms with van der Waals surface area (Å²) in [6.45, 7) is 2.54. The molecule has 1 aromatic heterocycles. The van der Waals surface area contributed by atoms with Gasteiger partial charge >= 0.3 is 0 Å². The van der Waals surface area contributed by atoms with Gasteiger partial charge in [-0.25, -0.2) is 0 Å². The predicted octanol–water partition coefficient (Wildman–Crippen LogP) is 4.16. The van der Waals surface area contributed by atoms with E-state index in [2.05, 4.69) is 20.8 Å². The van der Waals surface area contributed by atoms with E-state index >= 15 is 0 Å². The Morgan fingerprint density at radius 1 is 1.15 bits per heavy atom. The van der Waals surface area contributed by atoms with Crippen molar-refractivity contribution < 1.29 is 9.32 Å². The second-order valence-corrected chi connectivity index (χ2v) is 6.77. The topological polar surface area (TPSA) is 80.0 Å². The third kappa shape index (κ3) is 5.29. The largest absolute Gasteiger partial charge is 0.345 e. The second kappa shape index (κ2) is 8.99. The summed E-state index contributed by atoms with van der Waals surface area (Å²) in [6.07, 6.45) is 0. The Balaban J connectivity index is 1.51. The van der Waals surface area contributed by atoms with Crippen LogP contribution in [0, 0.1) is 0 Å². The summed E-state index contributed by atoms with van der Waals surface area (Å²) in [4.78, 5) is 16.3. The van der Waals surface area contributed by atoms with Gasteiger partial charge in [0.2, 0.25) is 5.89 Å². The molecule has 0 saturated carbocycles. The summed E-state index contributed by atoms with van der Waals surface area (Å²) in [5.74, 6) is 0.648. The van der Waals surface area contributed by atoms with Gasteiger partial charge in [0.1, 0.15) is 0 Å².